The summed E-state index contributed by atoms with van der Waals surface area (Å²) >= 11 is 0. The van der Waals surface area contributed by atoms with E-state index in [1.165, 1.54) is 4.90 Å². The molecule has 4 rings (SSSR count). The monoisotopic (exact) mass is 330 g/mol. The summed E-state index contributed by atoms with van der Waals surface area (Å²) in [6.45, 7) is 0.328. The number of likely N-dealkylation sites (tertiary alicyclic amines) is 1. The van der Waals surface area contributed by atoms with E-state index in [0.29, 0.717) is 6.54 Å². The van der Waals surface area contributed by atoms with Gasteiger partial charge in [-0.1, -0.05) is 60.7 Å². The van der Waals surface area contributed by atoms with E-state index in [2.05, 4.69) is 5.32 Å². The second kappa shape index (κ2) is 6.40. The number of hydrogen-bond acceptors (Lipinski definition) is 3. The van der Waals surface area contributed by atoms with Crippen molar-refractivity contribution in [1.82, 2.24) is 4.90 Å². The molecule has 0 aliphatic carbocycles. The number of carbonyl (C=O) groups is 2. The Morgan fingerprint density at radius 1 is 0.880 bits per heavy atom. The lowest BCUT2D eigenvalue weighted by molar-refractivity contribution is -0.139. The van der Waals surface area contributed by atoms with Gasteiger partial charge in [0.15, 0.2) is 0 Å². The first-order valence-corrected chi connectivity index (χ1v) is 8.34. The van der Waals surface area contributed by atoms with Crippen molar-refractivity contribution in [2.24, 2.45) is 0 Å². The summed E-state index contributed by atoms with van der Waals surface area (Å²) in [4.78, 5) is 26.2. The van der Waals surface area contributed by atoms with Crippen molar-refractivity contribution in [2.45, 2.75) is 19.0 Å². The van der Waals surface area contributed by atoms with Crippen LogP contribution in [0.2, 0.25) is 0 Å². The zero-order chi connectivity index (χ0) is 17.2. The Hall–Kier alpha value is -3.14. The molecule has 3 aromatic carbocycles. The van der Waals surface area contributed by atoms with Crippen molar-refractivity contribution in [3.05, 3.63) is 78.4 Å². The fraction of sp³-hybridized carbons (Fsp3) is 0.143. The van der Waals surface area contributed by atoms with Gasteiger partial charge in [0.1, 0.15) is 6.04 Å². The summed E-state index contributed by atoms with van der Waals surface area (Å²) in [6, 6.07) is 23.1. The molecule has 3 aromatic rings. The molecule has 4 heteroatoms. The molecular formula is C21H18N2O2. The van der Waals surface area contributed by atoms with Gasteiger partial charge in [0.05, 0.1) is 13.0 Å². The van der Waals surface area contributed by atoms with E-state index < -0.39 is 6.04 Å². The van der Waals surface area contributed by atoms with Crippen LogP contribution in [-0.4, -0.2) is 22.8 Å². The Kier molecular flexibility index (Phi) is 3.94. The Labute approximate surface area is 146 Å². The molecule has 0 spiro atoms. The molecule has 0 radical (unpaired) electrons. The molecule has 1 heterocycles. The zero-order valence-electron chi connectivity index (χ0n) is 13.7. The van der Waals surface area contributed by atoms with Crippen LogP contribution in [-0.2, 0) is 16.1 Å². The number of amides is 2. The van der Waals surface area contributed by atoms with E-state index in [0.717, 1.165) is 22.0 Å². The van der Waals surface area contributed by atoms with Crippen molar-refractivity contribution in [2.75, 3.05) is 5.32 Å². The molecule has 1 atom stereocenters. The molecule has 1 saturated heterocycles. The van der Waals surface area contributed by atoms with E-state index >= 15 is 0 Å². The highest BCUT2D eigenvalue weighted by Crippen LogP contribution is 2.23. The van der Waals surface area contributed by atoms with Gasteiger partial charge in [-0.25, -0.2) is 0 Å². The minimum Gasteiger partial charge on any atom is -0.373 e. The van der Waals surface area contributed by atoms with Gasteiger partial charge in [-0.05, 0) is 28.5 Å². The Balaban J connectivity index is 1.51. The first-order chi connectivity index (χ1) is 12.2. The van der Waals surface area contributed by atoms with E-state index in [9.17, 15) is 9.59 Å². The van der Waals surface area contributed by atoms with Crippen LogP contribution in [0.1, 0.15) is 12.0 Å². The third-order valence-corrected chi connectivity index (χ3v) is 4.52. The van der Waals surface area contributed by atoms with Crippen molar-refractivity contribution in [3.63, 3.8) is 0 Å². The van der Waals surface area contributed by atoms with Gasteiger partial charge in [0.2, 0.25) is 5.91 Å². The molecule has 1 aliphatic heterocycles. The zero-order valence-corrected chi connectivity index (χ0v) is 13.7. The lowest BCUT2D eigenvalue weighted by Crippen LogP contribution is -2.34. The highest BCUT2D eigenvalue weighted by atomic mass is 16.2. The summed E-state index contributed by atoms with van der Waals surface area (Å²) in [6.07, 6.45) is 0.193. The third-order valence-electron chi connectivity index (χ3n) is 4.52. The van der Waals surface area contributed by atoms with Crippen molar-refractivity contribution < 1.29 is 9.59 Å². The predicted octanol–water partition coefficient (Wildman–Crippen LogP) is 3.58. The largest absolute Gasteiger partial charge is 0.373 e. The van der Waals surface area contributed by atoms with Gasteiger partial charge >= 0.3 is 0 Å². The number of nitrogens with zero attached hydrogens (tertiary/aromatic N) is 1. The van der Waals surface area contributed by atoms with Crippen LogP contribution in [0.3, 0.4) is 0 Å². The molecule has 1 fully saturated rings. The molecule has 0 bridgehead atoms. The second-order valence-electron chi connectivity index (χ2n) is 6.27. The maximum atomic E-state index is 12.6. The SMILES string of the molecule is O=C1C[C@@H](Nc2ccc3ccccc3c2)C(=O)N1Cc1ccccc1. The molecule has 1 N–H and O–H groups in total. The standard InChI is InChI=1S/C21H18N2O2/c24-20-13-19(21(25)23(20)14-15-6-2-1-3-7-15)22-18-11-10-16-8-4-5-9-17(16)12-18/h1-12,19,22H,13-14H2/t19-/m1/s1. The van der Waals surface area contributed by atoms with Crippen LogP contribution in [0.4, 0.5) is 5.69 Å². The number of anilines is 1. The first kappa shape index (κ1) is 15.4. The Morgan fingerprint density at radius 2 is 1.60 bits per heavy atom. The van der Waals surface area contributed by atoms with Crippen LogP contribution in [0.5, 0.6) is 0 Å². The molecule has 0 unspecified atom stereocenters. The summed E-state index contributed by atoms with van der Waals surface area (Å²) in [5, 5.41) is 5.47. The lowest BCUT2D eigenvalue weighted by Gasteiger charge is -2.16. The summed E-state index contributed by atoms with van der Waals surface area (Å²) in [5.41, 5.74) is 1.81. The van der Waals surface area contributed by atoms with Crippen molar-refractivity contribution in [1.29, 1.82) is 0 Å². The topological polar surface area (TPSA) is 49.4 Å². The van der Waals surface area contributed by atoms with Crippen molar-refractivity contribution >= 4 is 28.3 Å². The number of benzene rings is 3. The second-order valence-corrected chi connectivity index (χ2v) is 6.27. The quantitative estimate of drug-likeness (QED) is 0.744. The normalized spacial score (nSPS) is 17.3. The Bertz CT molecular complexity index is 937. The maximum absolute atomic E-state index is 12.6. The summed E-state index contributed by atoms with van der Waals surface area (Å²) in [7, 11) is 0. The molecule has 1 aliphatic rings. The van der Waals surface area contributed by atoms with Gasteiger partial charge in [0.25, 0.3) is 5.91 Å². The van der Waals surface area contributed by atoms with Gasteiger partial charge in [-0.3, -0.25) is 14.5 Å². The molecule has 0 saturated carbocycles. The average molecular weight is 330 g/mol. The van der Waals surface area contributed by atoms with Gasteiger partial charge in [-0.15, -0.1) is 0 Å². The summed E-state index contributed by atoms with van der Waals surface area (Å²) in [5.74, 6) is -0.297. The Morgan fingerprint density at radius 3 is 2.40 bits per heavy atom. The van der Waals surface area contributed by atoms with Crippen molar-refractivity contribution in [3.8, 4) is 0 Å². The first-order valence-electron chi connectivity index (χ1n) is 8.34. The number of carbonyl (C=O) groups excluding carboxylic acids is 2. The number of rotatable bonds is 4. The van der Waals surface area contributed by atoms with E-state index in [1.54, 1.807) is 0 Å². The average Bonchev–Trinajstić information content (AvgIpc) is 2.90. The molecule has 4 nitrogen and oxygen atoms in total. The van der Waals surface area contributed by atoms with Crippen LogP contribution in [0, 0.1) is 0 Å². The molecule has 0 aromatic heterocycles. The predicted molar refractivity (Wildman–Crippen MR) is 98.0 cm³/mol. The van der Waals surface area contributed by atoms with Gasteiger partial charge in [-0.2, -0.15) is 0 Å². The molecule has 25 heavy (non-hydrogen) atoms. The highest BCUT2D eigenvalue weighted by molar-refractivity contribution is 6.06. The molecule has 2 amide bonds. The van der Waals surface area contributed by atoms with Crippen LogP contribution in [0.25, 0.3) is 10.8 Å². The maximum Gasteiger partial charge on any atom is 0.252 e. The third kappa shape index (κ3) is 3.11. The fourth-order valence-electron chi connectivity index (χ4n) is 3.21. The smallest absolute Gasteiger partial charge is 0.252 e. The van der Waals surface area contributed by atoms with Crippen LogP contribution in [0.15, 0.2) is 72.8 Å². The van der Waals surface area contributed by atoms with E-state index in [-0.39, 0.29) is 18.2 Å². The number of imide groups is 1. The lowest BCUT2D eigenvalue weighted by atomic mass is 10.1. The minimum absolute atomic E-state index is 0.132. The van der Waals surface area contributed by atoms with Crippen LogP contribution < -0.4 is 5.32 Å². The highest BCUT2D eigenvalue weighted by Gasteiger charge is 2.38. The minimum atomic E-state index is -0.502. The fourth-order valence-corrected chi connectivity index (χ4v) is 3.21. The van der Waals surface area contributed by atoms with E-state index in [4.69, 9.17) is 0 Å². The number of hydrogen-bond donors (Lipinski definition) is 1. The van der Waals surface area contributed by atoms with Crippen LogP contribution >= 0.6 is 0 Å². The van der Waals surface area contributed by atoms with Gasteiger partial charge in [0, 0.05) is 5.69 Å². The van der Waals surface area contributed by atoms with E-state index in [1.807, 2.05) is 72.8 Å². The molecule has 124 valence electrons. The number of nitrogens with one attached hydrogen (secondary N) is 1. The summed E-state index contributed by atoms with van der Waals surface area (Å²) < 4.78 is 0. The molecular weight excluding hydrogens is 312 g/mol. The number of fused-ring (bicyclic) bond motifs is 1. The van der Waals surface area contributed by atoms with Gasteiger partial charge < -0.3 is 5.32 Å².